The Bertz CT molecular complexity index is 614. The molecule has 1 amide bonds. The van der Waals surface area contributed by atoms with Gasteiger partial charge in [-0.05, 0) is 43.7 Å². The second-order valence-corrected chi connectivity index (χ2v) is 5.08. The highest BCUT2D eigenvalue weighted by molar-refractivity contribution is 6.29. The van der Waals surface area contributed by atoms with Gasteiger partial charge < -0.3 is 10.1 Å². The van der Waals surface area contributed by atoms with Crippen LogP contribution < -0.4 is 10.1 Å². The summed E-state index contributed by atoms with van der Waals surface area (Å²) >= 11 is 5.71. The minimum absolute atomic E-state index is 0.115. The summed E-state index contributed by atoms with van der Waals surface area (Å²) in [5.41, 5.74) is 1.13. The Hall–Kier alpha value is -2.07. The molecule has 0 aliphatic rings. The first-order valence-electron chi connectivity index (χ1n) is 6.78. The number of nitrogens with zero attached hydrogens (tertiary/aromatic N) is 1. The van der Waals surface area contributed by atoms with Gasteiger partial charge in [-0.15, -0.1) is 0 Å². The molecule has 1 atom stereocenters. The molecule has 1 aromatic carbocycles. The van der Waals surface area contributed by atoms with Crippen LogP contribution in [0.15, 0.2) is 42.6 Å². The fraction of sp³-hybridized carbons (Fsp3) is 0.250. The molecular formula is C16H17ClN2O2. The third-order valence-corrected chi connectivity index (χ3v) is 3.22. The minimum atomic E-state index is -0.214. The molecule has 0 saturated heterocycles. The van der Waals surface area contributed by atoms with E-state index >= 15 is 0 Å². The lowest BCUT2D eigenvalue weighted by molar-refractivity contribution is 0.102. The first-order chi connectivity index (χ1) is 10.1. The lowest BCUT2D eigenvalue weighted by Gasteiger charge is -2.13. The second kappa shape index (κ2) is 7.09. The zero-order valence-corrected chi connectivity index (χ0v) is 12.7. The summed E-state index contributed by atoms with van der Waals surface area (Å²) < 4.78 is 5.71. The maximum absolute atomic E-state index is 12.2. The molecule has 5 heteroatoms. The Kier molecular flexibility index (Phi) is 5.17. The number of benzene rings is 1. The average molecular weight is 305 g/mol. The molecule has 1 N–H and O–H groups in total. The Morgan fingerprint density at radius 3 is 2.86 bits per heavy atom. The molecule has 2 aromatic rings. The van der Waals surface area contributed by atoms with Crippen molar-refractivity contribution in [3.8, 4) is 5.75 Å². The topological polar surface area (TPSA) is 51.2 Å². The molecular weight excluding hydrogens is 288 g/mol. The number of anilines is 1. The van der Waals surface area contributed by atoms with Gasteiger partial charge in [0.2, 0.25) is 0 Å². The number of pyridine rings is 1. The van der Waals surface area contributed by atoms with Gasteiger partial charge in [-0.25, -0.2) is 4.98 Å². The predicted octanol–water partition coefficient (Wildman–Crippen LogP) is 4.16. The molecule has 0 aliphatic heterocycles. The van der Waals surface area contributed by atoms with Crippen molar-refractivity contribution in [2.75, 3.05) is 5.32 Å². The number of amides is 1. The fourth-order valence-corrected chi connectivity index (χ4v) is 1.79. The van der Waals surface area contributed by atoms with E-state index in [9.17, 15) is 4.79 Å². The van der Waals surface area contributed by atoms with Crippen LogP contribution in [0.25, 0.3) is 0 Å². The third kappa shape index (κ3) is 4.46. The molecule has 0 aliphatic carbocycles. The van der Waals surface area contributed by atoms with Crippen LogP contribution in [0.2, 0.25) is 5.15 Å². The van der Waals surface area contributed by atoms with Gasteiger partial charge >= 0.3 is 0 Å². The number of rotatable bonds is 5. The van der Waals surface area contributed by atoms with Gasteiger partial charge in [-0.2, -0.15) is 0 Å². The van der Waals surface area contributed by atoms with Gasteiger partial charge in [0.25, 0.3) is 5.91 Å². The first-order valence-corrected chi connectivity index (χ1v) is 7.16. The number of ether oxygens (including phenoxy) is 1. The van der Waals surface area contributed by atoms with E-state index in [0.717, 1.165) is 6.42 Å². The summed E-state index contributed by atoms with van der Waals surface area (Å²) in [4.78, 5) is 16.1. The summed E-state index contributed by atoms with van der Waals surface area (Å²) in [7, 11) is 0. The van der Waals surface area contributed by atoms with Gasteiger partial charge in [0.05, 0.1) is 18.0 Å². The Labute approximate surface area is 129 Å². The monoisotopic (exact) mass is 304 g/mol. The molecule has 0 saturated carbocycles. The van der Waals surface area contributed by atoms with Crippen molar-refractivity contribution in [1.82, 2.24) is 4.98 Å². The Morgan fingerprint density at radius 2 is 2.19 bits per heavy atom. The van der Waals surface area contributed by atoms with Crippen molar-refractivity contribution < 1.29 is 9.53 Å². The molecule has 2 rings (SSSR count). The van der Waals surface area contributed by atoms with Crippen LogP contribution in [0.1, 0.15) is 30.6 Å². The highest BCUT2D eigenvalue weighted by atomic mass is 35.5. The molecule has 0 radical (unpaired) electrons. The number of aromatic nitrogens is 1. The molecule has 21 heavy (non-hydrogen) atoms. The molecule has 1 aromatic heterocycles. The van der Waals surface area contributed by atoms with Crippen molar-refractivity contribution in [3.63, 3.8) is 0 Å². The van der Waals surface area contributed by atoms with E-state index < -0.39 is 0 Å². The minimum Gasteiger partial charge on any atom is -0.491 e. The zero-order valence-electron chi connectivity index (χ0n) is 12.0. The molecule has 1 unspecified atom stereocenters. The van der Waals surface area contributed by atoms with Crippen LogP contribution in [0.4, 0.5) is 5.69 Å². The molecule has 1 heterocycles. The van der Waals surface area contributed by atoms with Crippen LogP contribution in [-0.2, 0) is 0 Å². The van der Waals surface area contributed by atoms with Crippen molar-refractivity contribution in [1.29, 1.82) is 0 Å². The number of nitrogens with one attached hydrogen (secondary N) is 1. The summed E-state index contributed by atoms with van der Waals surface area (Å²) in [5, 5.41) is 3.15. The van der Waals surface area contributed by atoms with E-state index in [1.54, 1.807) is 30.3 Å². The van der Waals surface area contributed by atoms with Crippen molar-refractivity contribution in [2.24, 2.45) is 0 Å². The second-order valence-electron chi connectivity index (χ2n) is 4.69. The lowest BCUT2D eigenvalue weighted by Crippen LogP contribution is -2.13. The number of hydrogen-bond acceptors (Lipinski definition) is 3. The van der Waals surface area contributed by atoms with Gasteiger partial charge in [-0.1, -0.05) is 24.6 Å². The molecule has 4 nitrogen and oxygen atoms in total. The standard InChI is InChI=1S/C16H17ClN2O2/c1-3-11(2)21-14-6-4-5-12(9-14)16(20)19-13-7-8-15(17)18-10-13/h4-11H,3H2,1-2H3,(H,19,20). The number of carbonyl (C=O) groups is 1. The maximum Gasteiger partial charge on any atom is 0.255 e. The lowest BCUT2D eigenvalue weighted by atomic mass is 10.2. The summed E-state index contributed by atoms with van der Waals surface area (Å²) in [5.74, 6) is 0.472. The SMILES string of the molecule is CCC(C)Oc1cccc(C(=O)Nc2ccc(Cl)nc2)c1. The zero-order chi connectivity index (χ0) is 15.2. The molecule has 0 spiro atoms. The predicted molar refractivity (Wildman–Crippen MR) is 84.0 cm³/mol. The Morgan fingerprint density at radius 1 is 1.38 bits per heavy atom. The van der Waals surface area contributed by atoms with Gasteiger partial charge in [0, 0.05) is 5.56 Å². The van der Waals surface area contributed by atoms with Crippen LogP contribution in [0.3, 0.4) is 0 Å². The third-order valence-electron chi connectivity index (χ3n) is 2.99. The molecule has 110 valence electrons. The quantitative estimate of drug-likeness (QED) is 0.844. The summed E-state index contributed by atoms with van der Waals surface area (Å²) in [6.45, 7) is 4.04. The first kappa shape index (κ1) is 15.3. The molecule has 0 bridgehead atoms. The van der Waals surface area contributed by atoms with Crippen LogP contribution >= 0.6 is 11.6 Å². The smallest absolute Gasteiger partial charge is 0.255 e. The largest absolute Gasteiger partial charge is 0.491 e. The number of hydrogen-bond donors (Lipinski definition) is 1. The van der Waals surface area contributed by atoms with Crippen LogP contribution in [0, 0.1) is 0 Å². The van der Waals surface area contributed by atoms with Crippen LogP contribution in [-0.4, -0.2) is 17.0 Å². The summed E-state index contributed by atoms with van der Waals surface area (Å²) in [6, 6.07) is 10.4. The summed E-state index contributed by atoms with van der Waals surface area (Å²) in [6.07, 6.45) is 2.54. The van der Waals surface area contributed by atoms with Crippen LogP contribution in [0.5, 0.6) is 5.75 Å². The van der Waals surface area contributed by atoms with Gasteiger partial charge in [0.15, 0.2) is 0 Å². The van der Waals surface area contributed by atoms with E-state index in [2.05, 4.69) is 17.2 Å². The van der Waals surface area contributed by atoms with Gasteiger partial charge in [0.1, 0.15) is 10.9 Å². The Balaban J connectivity index is 2.08. The van der Waals surface area contributed by atoms with E-state index in [-0.39, 0.29) is 12.0 Å². The van der Waals surface area contributed by atoms with E-state index in [0.29, 0.717) is 22.2 Å². The van der Waals surface area contributed by atoms with E-state index in [1.165, 1.54) is 6.20 Å². The number of carbonyl (C=O) groups excluding carboxylic acids is 1. The number of halogens is 1. The highest BCUT2D eigenvalue weighted by Gasteiger charge is 2.09. The van der Waals surface area contributed by atoms with Crippen molar-refractivity contribution >= 4 is 23.2 Å². The van der Waals surface area contributed by atoms with E-state index in [4.69, 9.17) is 16.3 Å². The average Bonchev–Trinajstić information content (AvgIpc) is 2.49. The maximum atomic E-state index is 12.2. The van der Waals surface area contributed by atoms with Crippen molar-refractivity contribution in [2.45, 2.75) is 26.4 Å². The van der Waals surface area contributed by atoms with Crippen molar-refractivity contribution in [3.05, 3.63) is 53.3 Å². The van der Waals surface area contributed by atoms with Gasteiger partial charge in [-0.3, -0.25) is 4.79 Å². The fourth-order valence-electron chi connectivity index (χ4n) is 1.68. The molecule has 0 fully saturated rings. The normalized spacial score (nSPS) is 11.8. The van der Waals surface area contributed by atoms with E-state index in [1.807, 2.05) is 13.0 Å². The highest BCUT2D eigenvalue weighted by Crippen LogP contribution is 2.17.